The minimum atomic E-state index is 0.413. The number of benzene rings is 1. The average molecular weight is 260 g/mol. The summed E-state index contributed by atoms with van der Waals surface area (Å²) < 4.78 is 5.23. The van der Waals surface area contributed by atoms with E-state index in [0.29, 0.717) is 11.5 Å². The Morgan fingerprint density at radius 1 is 1.26 bits per heavy atom. The van der Waals surface area contributed by atoms with Gasteiger partial charge in [0.05, 0.1) is 7.11 Å². The van der Waals surface area contributed by atoms with Crippen molar-refractivity contribution in [3.8, 4) is 5.75 Å². The van der Waals surface area contributed by atoms with Gasteiger partial charge in [-0.15, -0.1) is 0 Å². The minimum Gasteiger partial charge on any atom is -0.497 e. The van der Waals surface area contributed by atoms with Crippen LogP contribution < -0.4 is 15.0 Å². The zero-order valence-corrected chi connectivity index (χ0v) is 12.1. The van der Waals surface area contributed by atoms with Gasteiger partial charge in [-0.2, -0.15) is 0 Å². The molecule has 3 heteroatoms. The summed E-state index contributed by atoms with van der Waals surface area (Å²) in [6.45, 7) is 8.25. The normalized spacial score (nSPS) is 29.1. The fourth-order valence-corrected chi connectivity index (χ4v) is 3.54. The maximum Gasteiger partial charge on any atom is 0.119 e. The second-order valence-electron chi connectivity index (χ2n) is 6.52. The Morgan fingerprint density at radius 2 is 2.00 bits per heavy atom. The smallest absolute Gasteiger partial charge is 0.119 e. The first-order chi connectivity index (χ1) is 9.10. The molecule has 2 atom stereocenters. The van der Waals surface area contributed by atoms with Gasteiger partial charge in [-0.1, -0.05) is 13.8 Å². The highest BCUT2D eigenvalue weighted by Crippen LogP contribution is 2.39. The molecule has 2 saturated heterocycles. The Hall–Kier alpha value is -1.22. The van der Waals surface area contributed by atoms with Crippen molar-refractivity contribution in [2.45, 2.75) is 26.3 Å². The van der Waals surface area contributed by atoms with Crippen LogP contribution in [-0.4, -0.2) is 32.8 Å². The van der Waals surface area contributed by atoms with Gasteiger partial charge in [0.1, 0.15) is 5.75 Å². The van der Waals surface area contributed by atoms with E-state index in [4.69, 9.17) is 4.74 Å². The van der Waals surface area contributed by atoms with Crippen LogP contribution in [0.5, 0.6) is 5.75 Å². The van der Waals surface area contributed by atoms with Gasteiger partial charge in [0.15, 0.2) is 0 Å². The Kier molecular flexibility index (Phi) is 3.17. The minimum absolute atomic E-state index is 0.413. The summed E-state index contributed by atoms with van der Waals surface area (Å²) >= 11 is 0. The molecule has 1 N–H and O–H groups in total. The van der Waals surface area contributed by atoms with Crippen LogP contribution in [0.2, 0.25) is 0 Å². The van der Waals surface area contributed by atoms with Crippen LogP contribution in [0.1, 0.15) is 20.3 Å². The van der Waals surface area contributed by atoms with Gasteiger partial charge in [0.2, 0.25) is 0 Å². The van der Waals surface area contributed by atoms with Gasteiger partial charge < -0.3 is 15.0 Å². The van der Waals surface area contributed by atoms with E-state index >= 15 is 0 Å². The van der Waals surface area contributed by atoms with E-state index in [9.17, 15) is 0 Å². The van der Waals surface area contributed by atoms with Crippen LogP contribution in [0.15, 0.2) is 24.3 Å². The van der Waals surface area contributed by atoms with Crippen molar-refractivity contribution >= 4 is 5.69 Å². The lowest BCUT2D eigenvalue weighted by molar-refractivity contribution is 0.237. The lowest BCUT2D eigenvalue weighted by atomic mass is 9.76. The standard InChI is InChI=1S/C16H24N2O/c1-16(2)11-17-15-8-9-18(10-14(15)16)12-4-6-13(19-3)7-5-12/h4-7,14-15,17H,8-11H2,1-3H3. The number of hydrogen-bond donors (Lipinski definition) is 1. The van der Waals surface area contributed by atoms with E-state index in [0.717, 1.165) is 31.3 Å². The SMILES string of the molecule is COc1ccc(N2CCC3NCC(C)(C)C3C2)cc1. The van der Waals surface area contributed by atoms with Crippen LogP contribution in [-0.2, 0) is 0 Å². The number of nitrogens with one attached hydrogen (secondary N) is 1. The molecule has 2 unspecified atom stereocenters. The maximum absolute atomic E-state index is 5.23. The number of anilines is 1. The van der Waals surface area contributed by atoms with Gasteiger partial charge in [-0.25, -0.2) is 0 Å². The van der Waals surface area contributed by atoms with E-state index in [1.807, 2.05) is 0 Å². The summed E-state index contributed by atoms with van der Waals surface area (Å²) in [4.78, 5) is 2.52. The average Bonchev–Trinajstić information content (AvgIpc) is 2.74. The van der Waals surface area contributed by atoms with Crippen molar-refractivity contribution in [1.82, 2.24) is 5.32 Å². The summed E-state index contributed by atoms with van der Waals surface area (Å²) in [6, 6.07) is 9.17. The molecule has 1 aromatic carbocycles. The second-order valence-corrected chi connectivity index (χ2v) is 6.52. The molecule has 0 saturated carbocycles. The van der Waals surface area contributed by atoms with Gasteiger partial charge >= 0.3 is 0 Å². The molecule has 2 heterocycles. The molecule has 0 aliphatic carbocycles. The largest absolute Gasteiger partial charge is 0.497 e. The summed E-state index contributed by atoms with van der Waals surface area (Å²) in [5.74, 6) is 1.69. The molecule has 3 rings (SSSR count). The fraction of sp³-hybridized carbons (Fsp3) is 0.625. The number of methoxy groups -OCH3 is 1. The summed E-state index contributed by atoms with van der Waals surface area (Å²) in [5, 5.41) is 3.69. The van der Waals surface area contributed by atoms with Crippen molar-refractivity contribution in [2.24, 2.45) is 11.3 Å². The number of hydrogen-bond acceptors (Lipinski definition) is 3. The second kappa shape index (κ2) is 4.71. The monoisotopic (exact) mass is 260 g/mol. The Bertz CT molecular complexity index is 441. The molecule has 2 aliphatic rings. The number of fused-ring (bicyclic) bond motifs is 1. The zero-order chi connectivity index (χ0) is 13.5. The molecule has 104 valence electrons. The van der Waals surface area contributed by atoms with Crippen molar-refractivity contribution in [2.75, 3.05) is 31.6 Å². The molecule has 0 aromatic heterocycles. The van der Waals surface area contributed by atoms with E-state index in [1.54, 1.807) is 7.11 Å². The highest BCUT2D eigenvalue weighted by molar-refractivity contribution is 5.49. The number of ether oxygens (including phenoxy) is 1. The van der Waals surface area contributed by atoms with E-state index < -0.39 is 0 Å². The Balaban J connectivity index is 1.75. The van der Waals surface area contributed by atoms with Crippen molar-refractivity contribution in [3.63, 3.8) is 0 Å². The number of rotatable bonds is 2. The molecule has 0 bridgehead atoms. The first-order valence-electron chi connectivity index (χ1n) is 7.22. The molecule has 0 amide bonds. The van der Waals surface area contributed by atoms with Gasteiger partial charge in [-0.05, 0) is 42.0 Å². The number of nitrogens with zero attached hydrogens (tertiary/aromatic N) is 1. The van der Waals surface area contributed by atoms with Crippen LogP contribution in [0.25, 0.3) is 0 Å². The highest BCUT2D eigenvalue weighted by atomic mass is 16.5. The first kappa shape index (κ1) is 12.8. The summed E-state index contributed by atoms with van der Waals surface area (Å²) in [6.07, 6.45) is 1.25. The van der Waals surface area contributed by atoms with Crippen molar-refractivity contribution in [1.29, 1.82) is 0 Å². The van der Waals surface area contributed by atoms with Crippen molar-refractivity contribution < 1.29 is 4.74 Å². The van der Waals surface area contributed by atoms with Gasteiger partial charge in [0.25, 0.3) is 0 Å². The third kappa shape index (κ3) is 2.32. The molecule has 2 aliphatic heterocycles. The molecule has 2 fully saturated rings. The van der Waals surface area contributed by atoms with Crippen LogP contribution in [0.4, 0.5) is 5.69 Å². The topological polar surface area (TPSA) is 24.5 Å². The highest BCUT2D eigenvalue weighted by Gasteiger charge is 2.44. The molecule has 0 spiro atoms. The van der Waals surface area contributed by atoms with E-state index in [-0.39, 0.29) is 0 Å². The quantitative estimate of drug-likeness (QED) is 0.884. The molecular formula is C16H24N2O. The Morgan fingerprint density at radius 3 is 2.68 bits per heavy atom. The molecule has 0 radical (unpaired) electrons. The summed E-state index contributed by atoms with van der Waals surface area (Å²) in [5.41, 5.74) is 1.73. The predicted octanol–water partition coefficient (Wildman–Crippen LogP) is 2.52. The zero-order valence-electron chi connectivity index (χ0n) is 12.1. The number of piperidine rings is 1. The van der Waals surface area contributed by atoms with Crippen LogP contribution in [0.3, 0.4) is 0 Å². The third-order valence-electron chi connectivity index (χ3n) is 4.87. The van der Waals surface area contributed by atoms with Crippen LogP contribution in [0, 0.1) is 11.3 Å². The van der Waals surface area contributed by atoms with Crippen LogP contribution >= 0.6 is 0 Å². The molecule has 19 heavy (non-hydrogen) atoms. The fourth-order valence-electron chi connectivity index (χ4n) is 3.54. The molecule has 3 nitrogen and oxygen atoms in total. The van der Waals surface area contributed by atoms with Gasteiger partial charge in [0, 0.05) is 31.4 Å². The van der Waals surface area contributed by atoms with Crippen molar-refractivity contribution in [3.05, 3.63) is 24.3 Å². The predicted molar refractivity (Wildman–Crippen MR) is 78.9 cm³/mol. The lowest BCUT2D eigenvalue weighted by Gasteiger charge is -2.40. The molecular weight excluding hydrogens is 236 g/mol. The first-order valence-corrected chi connectivity index (χ1v) is 7.22. The van der Waals surface area contributed by atoms with E-state index in [1.165, 1.54) is 12.1 Å². The molecule has 1 aromatic rings. The lowest BCUT2D eigenvalue weighted by Crippen LogP contribution is -2.47. The third-order valence-corrected chi connectivity index (χ3v) is 4.87. The summed E-state index contributed by atoms with van der Waals surface area (Å²) in [7, 11) is 1.72. The van der Waals surface area contributed by atoms with Gasteiger partial charge in [-0.3, -0.25) is 0 Å². The maximum atomic E-state index is 5.23. The van der Waals surface area contributed by atoms with E-state index in [2.05, 4.69) is 48.3 Å². The Labute approximate surface area is 115 Å².